The molecule has 0 radical (unpaired) electrons. The first-order chi connectivity index (χ1) is 10.1. The SMILES string of the molecule is NC1(c2noc(-c3ccc(Br)cc3Br)n2)CCCCCC1. The molecule has 0 unspecified atom stereocenters. The van der Waals surface area contributed by atoms with E-state index in [1.165, 1.54) is 12.8 Å². The molecule has 1 aromatic heterocycles. The van der Waals surface area contributed by atoms with Gasteiger partial charge in [-0.05, 0) is 47.0 Å². The third-order valence-electron chi connectivity index (χ3n) is 4.03. The minimum atomic E-state index is -0.444. The third-order valence-corrected chi connectivity index (χ3v) is 5.18. The summed E-state index contributed by atoms with van der Waals surface area (Å²) < 4.78 is 7.36. The Morgan fingerprint density at radius 3 is 2.48 bits per heavy atom. The highest BCUT2D eigenvalue weighted by Gasteiger charge is 2.33. The van der Waals surface area contributed by atoms with E-state index in [-0.39, 0.29) is 0 Å². The van der Waals surface area contributed by atoms with Crippen LogP contribution in [0.1, 0.15) is 44.3 Å². The summed E-state index contributed by atoms with van der Waals surface area (Å²) in [5, 5.41) is 4.15. The van der Waals surface area contributed by atoms with E-state index < -0.39 is 5.54 Å². The highest BCUT2D eigenvalue weighted by Crippen LogP contribution is 2.35. The average Bonchev–Trinajstić information content (AvgIpc) is 2.83. The molecule has 6 heteroatoms. The lowest BCUT2D eigenvalue weighted by atomic mass is 9.91. The van der Waals surface area contributed by atoms with Gasteiger partial charge in [0.15, 0.2) is 5.82 Å². The smallest absolute Gasteiger partial charge is 0.259 e. The van der Waals surface area contributed by atoms with Gasteiger partial charge in [0, 0.05) is 8.95 Å². The molecule has 1 aliphatic carbocycles. The molecule has 1 aromatic carbocycles. The molecule has 1 saturated carbocycles. The van der Waals surface area contributed by atoms with Crippen LogP contribution in [0.2, 0.25) is 0 Å². The lowest BCUT2D eigenvalue weighted by Crippen LogP contribution is -2.37. The van der Waals surface area contributed by atoms with Gasteiger partial charge in [-0.15, -0.1) is 0 Å². The van der Waals surface area contributed by atoms with Crippen LogP contribution in [0.4, 0.5) is 0 Å². The summed E-state index contributed by atoms with van der Waals surface area (Å²) >= 11 is 6.96. The van der Waals surface area contributed by atoms with Crippen molar-refractivity contribution in [2.24, 2.45) is 5.73 Å². The largest absolute Gasteiger partial charge is 0.334 e. The number of benzene rings is 1. The van der Waals surface area contributed by atoms with Crippen molar-refractivity contribution in [3.8, 4) is 11.5 Å². The normalized spacial score (nSPS) is 18.4. The van der Waals surface area contributed by atoms with E-state index in [0.717, 1.165) is 40.2 Å². The molecule has 3 rings (SSSR count). The van der Waals surface area contributed by atoms with Gasteiger partial charge in [0.25, 0.3) is 5.89 Å². The molecule has 2 aromatic rings. The van der Waals surface area contributed by atoms with E-state index in [2.05, 4.69) is 42.0 Å². The van der Waals surface area contributed by atoms with Gasteiger partial charge in [-0.2, -0.15) is 4.98 Å². The zero-order chi connectivity index (χ0) is 14.9. The second-order valence-corrected chi connectivity index (χ2v) is 7.39. The van der Waals surface area contributed by atoms with Gasteiger partial charge in [0.2, 0.25) is 0 Å². The summed E-state index contributed by atoms with van der Waals surface area (Å²) in [5.41, 5.74) is 6.97. The second-order valence-electron chi connectivity index (χ2n) is 5.62. The van der Waals surface area contributed by atoms with Crippen LogP contribution in [0.3, 0.4) is 0 Å². The van der Waals surface area contributed by atoms with Crippen molar-refractivity contribution in [1.82, 2.24) is 10.1 Å². The molecule has 21 heavy (non-hydrogen) atoms. The minimum Gasteiger partial charge on any atom is -0.334 e. The van der Waals surface area contributed by atoms with Gasteiger partial charge < -0.3 is 10.3 Å². The number of nitrogens with zero attached hydrogens (tertiary/aromatic N) is 2. The number of rotatable bonds is 2. The number of hydrogen-bond donors (Lipinski definition) is 1. The molecule has 1 fully saturated rings. The maximum absolute atomic E-state index is 6.53. The van der Waals surface area contributed by atoms with Crippen molar-refractivity contribution < 1.29 is 4.52 Å². The minimum absolute atomic E-state index is 0.444. The Labute approximate surface area is 140 Å². The predicted molar refractivity (Wildman–Crippen MR) is 88.7 cm³/mol. The van der Waals surface area contributed by atoms with E-state index >= 15 is 0 Å². The Kier molecular flexibility index (Phi) is 4.47. The predicted octanol–water partition coefficient (Wildman–Crippen LogP) is 4.77. The molecule has 0 spiro atoms. The van der Waals surface area contributed by atoms with Gasteiger partial charge in [0.05, 0.1) is 11.1 Å². The first kappa shape index (κ1) is 15.2. The third kappa shape index (κ3) is 3.22. The summed E-state index contributed by atoms with van der Waals surface area (Å²) in [7, 11) is 0. The van der Waals surface area contributed by atoms with Crippen LogP contribution < -0.4 is 5.73 Å². The lowest BCUT2D eigenvalue weighted by Gasteiger charge is -2.23. The van der Waals surface area contributed by atoms with Crippen LogP contribution in [0, 0.1) is 0 Å². The molecular formula is C15H17Br2N3O. The lowest BCUT2D eigenvalue weighted by molar-refractivity contribution is 0.334. The zero-order valence-electron chi connectivity index (χ0n) is 11.6. The van der Waals surface area contributed by atoms with Gasteiger partial charge >= 0.3 is 0 Å². The van der Waals surface area contributed by atoms with Crippen LogP contribution in [0.5, 0.6) is 0 Å². The van der Waals surface area contributed by atoms with E-state index in [4.69, 9.17) is 10.3 Å². The molecule has 112 valence electrons. The van der Waals surface area contributed by atoms with Crippen molar-refractivity contribution in [3.63, 3.8) is 0 Å². The van der Waals surface area contributed by atoms with E-state index in [0.29, 0.717) is 11.7 Å². The Balaban J connectivity index is 1.92. The fourth-order valence-electron chi connectivity index (χ4n) is 2.78. The summed E-state index contributed by atoms with van der Waals surface area (Å²) in [6.07, 6.45) is 6.58. The fraction of sp³-hybridized carbons (Fsp3) is 0.467. The Morgan fingerprint density at radius 2 is 1.81 bits per heavy atom. The standard InChI is InChI=1S/C15H17Br2N3O/c16-10-5-6-11(12(17)9-10)13-19-14(20-21-13)15(18)7-3-1-2-4-8-15/h5-6,9H,1-4,7-8,18H2. The quantitative estimate of drug-likeness (QED) is 0.718. The fourth-order valence-corrected chi connectivity index (χ4v) is 4.00. The number of aromatic nitrogens is 2. The maximum Gasteiger partial charge on any atom is 0.259 e. The molecule has 4 nitrogen and oxygen atoms in total. The molecule has 1 aliphatic rings. The van der Waals surface area contributed by atoms with Crippen molar-refractivity contribution >= 4 is 31.9 Å². The van der Waals surface area contributed by atoms with Gasteiger partial charge in [-0.3, -0.25) is 0 Å². The molecular weight excluding hydrogens is 398 g/mol. The Hall–Kier alpha value is -0.720. The molecule has 2 N–H and O–H groups in total. The summed E-state index contributed by atoms with van der Waals surface area (Å²) in [6.45, 7) is 0. The topological polar surface area (TPSA) is 64.9 Å². The molecule has 0 aliphatic heterocycles. The average molecular weight is 415 g/mol. The van der Waals surface area contributed by atoms with Crippen molar-refractivity contribution in [1.29, 1.82) is 0 Å². The van der Waals surface area contributed by atoms with Gasteiger partial charge in [-0.1, -0.05) is 46.8 Å². The number of nitrogens with two attached hydrogens (primary N) is 1. The highest BCUT2D eigenvalue weighted by molar-refractivity contribution is 9.11. The van der Waals surface area contributed by atoms with Crippen LogP contribution in [0.15, 0.2) is 31.7 Å². The van der Waals surface area contributed by atoms with Crippen molar-refractivity contribution in [3.05, 3.63) is 33.0 Å². The second kappa shape index (κ2) is 6.18. The Bertz CT molecular complexity index is 634. The Morgan fingerprint density at radius 1 is 1.10 bits per heavy atom. The van der Waals surface area contributed by atoms with E-state index in [1.54, 1.807) is 0 Å². The van der Waals surface area contributed by atoms with Crippen molar-refractivity contribution in [2.45, 2.75) is 44.1 Å². The molecule has 0 bridgehead atoms. The molecule has 0 amide bonds. The van der Waals surface area contributed by atoms with Gasteiger partial charge in [-0.25, -0.2) is 0 Å². The monoisotopic (exact) mass is 413 g/mol. The van der Waals surface area contributed by atoms with Crippen LogP contribution in [-0.2, 0) is 5.54 Å². The zero-order valence-corrected chi connectivity index (χ0v) is 14.8. The number of hydrogen-bond acceptors (Lipinski definition) is 4. The van der Waals surface area contributed by atoms with Gasteiger partial charge in [0.1, 0.15) is 0 Å². The molecule has 1 heterocycles. The molecule has 0 atom stereocenters. The summed E-state index contributed by atoms with van der Waals surface area (Å²) in [5.74, 6) is 1.15. The maximum atomic E-state index is 6.53. The first-order valence-electron chi connectivity index (χ1n) is 7.17. The van der Waals surface area contributed by atoms with E-state index in [9.17, 15) is 0 Å². The summed E-state index contributed by atoms with van der Waals surface area (Å²) in [4.78, 5) is 4.56. The summed E-state index contributed by atoms with van der Waals surface area (Å²) in [6, 6.07) is 5.86. The highest BCUT2D eigenvalue weighted by atomic mass is 79.9. The van der Waals surface area contributed by atoms with Crippen LogP contribution in [-0.4, -0.2) is 10.1 Å². The number of halogens is 2. The van der Waals surface area contributed by atoms with Crippen LogP contribution in [0.25, 0.3) is 11.5 Å². The van der Waals surface area contributed by atoms with E-state index in [1.807, 2.05) is 18.2 Å². The molecule has 0 saturated heterocycles. The first-order valence-corrected chi connectivity index (χ1v) is 8.76. The van der Waals surface area contributed by atoms with Crippen molar-refractivity contribution in [2.75, 3.05) is 0 Å². The van der Waals surface area contributed by atoms with Crippen LogP contribution >= 0.6 is 31.9 Å².